The molecule has 0 spiro atoms. The summed E-state index contributed by atoms with van der Waals surface area (Å²) in [5.41, 5.74) is 2.38. The van der Waals surface area contributed by atoms with Gasteiger partial charge in [0.15, 0.2) is 0 Å². The van der Waals surface area contributed by atoms with E-state index >= 15 is 0 Å². The van der Waals surface area contributed by atoms with Crippen molar-refractivity contribution in [3.05, 3.63) is 17.9 Å². The fourth-order valence-corrected chi connectivity index (χ4v) is 0.850. The van der Waals surface area contributed by atoms with Crippen molar-refractivity contribution in [3.8, 4) is 0 Å². The predicted octanol–water partition coefficient (Wildman–Crippen LogP) is 2.90. The molecule has 0 saturated heterocycles. The quantitative estimate of drug-likeness (QED) is 0.640. The Balaban J connectivity index is 4.29. The zero-order valence-corrected chi connectivity index (χ0v) is 8.59. The highest BCUT2D eigenvalue weighted by atomic mass is 16.3. The van der Waals surface area contributed by atoms with Crippen molar-refractivity contribution >= 4 is 0 Å². The monoisotopic (exact) mass is 168 g/mol. The van der Waals surface area contributed by atoms with Crippen LogP contribution in [0, 0.1) is 5.92 Å². The number of aliphatic hydroxyl groups is 1. The molecule has 0 fully saturated rings. The van der Waals surface area contributed by atoms with Gasteiger partial charge in [0.2, 0.25) is 0 Å². The minimum absolute atomic E-state index is 0.499. The van der Waals surface area contributed by atoms with Gasteiger partial charge in [0.25, 0.3) is 0 Å². The van der Waals surface area contributed by atoms with E-state index in [1.54, 1.807) is 6.08 Å². The summed E-state index contributed by atoms with van der Waals surface area (Å²) < 4.78 is 0. The maximum atomic E-state index is 9.80. The fourth-order valence-electron chi connectivity index (χ4n) is 0.850. The molecule has 0 rings (SSSR count). The second kappa shape index (κ2) is 5.18. The first-order chi connectivity index (χ1) is 5.54. The molecule has 70 valence electrons. The molecule has 0 aromatic rings. The minimum Gasteiger partial charge on any atom is -0.385 e. The van der Waals surface area contributed by atoms with Crippen LogP contribution >= 0.6 is 0 Å². The summed E-state index contributed by atoms with van der Waals surface area (Å²) in [4.78, 5) is 0. The van der Waals surface area contributed by atoms with E-state index in [-0.39, 0.29) is 0 Å². The summed E-state index contributed by atoms with van der Waals surface area (Å²) in [7, 11) is 0. The Bertz CT molecular complexity index is 169. The summed E-state index contributed by atoms with van der Waals surface area (Å²) in [5.74, 6) is 0.499. The third-order valence-corrected chi connectivity index (χ3v) is 2.01. The van der Waals surface area contributed by atoms with Crippen LogP contribution in [-0.2, 0) is 0 Å². The van der Waals surface area contributed by atoms with E-state index in [2.05, 4.69) is 19.6 Å². The Morgan fingerprint density at radius 1 is 1.33 bits per heavy atom. The minimum atomic E-state index is -0.647. The number of hydrogen-bond donors (Lipinski definition) is 1. The van der Waals surface area contributed by atoms with Crippen LogP contribution in [0.1, 0.15) is 40.5 Å². The Hall–Kier alpha value is -0.520. The van der Waals surface area contributed by atoms with Crippen molar-refractivity contribution < 1.29 is 5.11 Å². The SMILES string of the molecule is CCC(O)(C=C=CC(C)C)CC. The van der Waals surface area contributed by atoms with Crippen LogP contribution in [-0.4, -0.2) is 10.7 Å². The van der Waals surface area contributed by atoms with Crippen LogP contribution in [0.5, 0.6) is 0 Å². The summed E-state index contributed by atoms with van der Waals surface area (Å²) in [6.07, 6.45) is 5.24. The normalized spacial score (nSPS) is 11.2. The topological polar surface area (TPSA) is 20.2 Å². The summed E-state index contributed by atoms with van der Waals surface area (Å²) in [5, 5.41) is 9.80. The third kappa shape index (κ3) is 4.38. The molecular formula is C11H20O. The molecule has 1 nitrogen and oxygen atoms in total. The second-order valence-electron chi connectivity index (χ2n) is 3.53. The van der Waals surface area contributed by atoms with Crippen LogP contribution in [0.3, 0.4) is 0 Å². The highest BCUT2D eigenvalue weighted by molar-refractivity contribution is 5.00. The predicted molar refractivity (Wildman–Crippen MR) is 53.0 cm³/mol. The number of hydrogen-bond acceptors (Lipinski definition) is 1. The van der Waals surface area contributed by atoms with Gasteiger partial charge in [0.05, 0.1) is 5.60 Å². The smallest absolute Gasteiger partial charge is 0.0895 e. The molecule has 0 unspecified atom stereocenters. The van der Waals surface area contributed by atoms with Gasteiger partial charge in [-0.25, -0.2) is 0 Å². The van der Waals surface area contributed by atoms with E-state index in [1.165, 1.54) is 0 Å². The van der Waals surface area contributed by atoms with Crippen LogP contribution in [0.2, 0.25) is 0 Å². The van der Waals surface area contributed by atoms with Crippen LogP contribution in [0.15, 0.2) is 17.9 Å². The van der Waals surface area contributed by atoms with Crippen LogP contribution in [0.25, 0.3) is 0 Å². The molecule has 0 saturated carbocycles. The molecule has 0 aromatic heterocycles. The standard InChI is InChI=1S/C11H20O/c1-5-11(12,6-2)9-7-8-10(3)4/h8-10,12H,5-6H2,1-4H3. The lowest BCUT2D eigenvalue weighted by molar-refractivity contribution is 0.0830. The molecule has 0 radical (unpaired) electrons. The zero-order chi connectivity index (χ0) is 9.61. The maximum Gasteiger partial charge on any atom is 0.0895 e. The first-order valence-corrected chi connectivity index (χ1v) is 4.70. The third-order valence-electron chi connectivity index (χ3n) is 2.01. The van der Waals surface area contributed by atoms with E-state index in [4.69, 9.17) is 0 Å². The molecule has 0 aliphatic carbocycles. The first-order valence-electron chi connectivity index (χ1n) is 4.70. The second-order valence-corrected chi connectivity index (χ2v) is 3.53. The summed E-state index contributed by atoms with van der Waals surface area (Å²) in [6, 6.07) is 0. The largest absolute Gasteiger partial charge is 0.385 e. The Morgan fingerprint density at radius 3 is 2.17 bits per heavy atom. The van der Waals surface area contributed by atoms with Crippen LogP contribution < -0.4 is 0 Å². The van der Waals surface area contributed by atoms with E-state index in [1.807, 2.05) is 19.9 Å². The fraction of sp³-hybridized carbons (Fsp3) is 0.727. The first kappa shape index (κ1) is 11.5. The molecule has 0 bridgehead atoms. The molecule has 0 amide bonds. The number of rotatable bonds is 4. The highest BCUT2D eigenvalue weighted by Gasteiger charge is 2.16. The molecule has 0 heterocycles. The summed E-state index contributed by atoms with van der Waals surface area (Å²) in [6.45, 7) is 8.16. The highest BCUT2D eigenvalue weighted by Crippen LogP contribution is 2.15. The van der Waals surface area contributed by atoms with E-state index in [0.29, 0.717) is 5.92 Å². The Labute approximate surface area is 75.8 Å². The van der Waals surface area contributed by atoms with Gasteiger partial charge in [0.1, 0.15) is 0 Å². The lowest BCUT2D eigenvalue weighted by Gasteiger charge is -2.18. The van der Waals surface area contributed by atoms with Gasteiger partial charge in [-0.1, -0.05) is 27.7 Å². The molecule has 1 heteroatoms. The molecular weight excluding hydrogens is 148 g/mol. The average Bonchev–Trinajstić information content (AvgIpc) is 2.03. The van der Waals surface area contributed by atoms with Gasteiger partial charge >= 0.3 is 0 Å². The molecule has 1 N–H and O–H groups in total. The molecule has 0 aliphatic rings. The van der Waals surface area contributed by atoms with Gasteiger partial charge in [-0.05, 0) is 30.9 Å². The molecule has 0 aliphatic heterocycles. The Kier molecular flexibility index (Phi) is 4.96. The van der Waals surface area contributed by atoms with Crippen molar-refractivity contribution in [1.29, 1.82) is 0 Å². The van der Waals surface area contributed by atoms with Gasteiger partial charge in [-0.2, -0.15) is 0 Å². The molecule has 12 heavy (non-hydrogen) atoms. The lowest BCUT2D eigenvalue weighted by Crippen LogP contribution is -2.22. The van der Waals surface area contributed by atoms with Gasteiger partial charge in [0, 0.05) is 0 Å². The van der Waals surface area contributed by atoms with Crippen molar-refractivity contribution in [1.82, 2.24) is 0 Å². The average molecular weight is 168 g/mol. The van der Waals surface area contributed by atoms with Crippen molar-refractivity contribution in [2.45, 2.75) is 46.1 Å². The van der Waals surface area contributed by atoms with Crippen molar-refractivity contribution in [2.75, 3.05) is 0 Å². The maximum absolute atomic E-state index is 9.80. The lowest BCUT2D eigenvalue weighted by atomic mass is 9.97. The van der Waals surface area contributed by atoms with E-state index < -0.39 is 5.60 Å². The van der Waals surface area contributed by atoms with Gasteiger partial charge in [-0.15, -0.1) is 5.73 Å². The molecule has 0 atom stereocenters. The van der Waals surface area contributed by atoms with Crippen LogP contribution in [0.4, 0.5) is 0 Å². The van der Waals surface area contributed by atoms with Crippen molar-refractivity contribution in [2.24, 2.45) is 5.92 Å². The van der Waals surface area contributed by atoms with Gasteiger partial charge in [-0.3, -0.25) is 0 Å². The summed E-state index contributed by atoms with van der Waals surface area (Å²) >= 11 is 0. The Morgan fingerprint density at radius 2 is 1.83 bits per heavy atom. The zero-order valence-electron chi connectivity index (χ0n) is 8.59. The van der Waals surface area contributed by atoms with E-state index in [9.17, 15) is 5.11 Å². The van der Waals surface area contributed by atoms with Crippen molar-refractivity contribution in [3.63, 3.8) is 0 Å². The van der Waals surface area contributed by atoms with Gasteiger partial charge < -0.3 is 5.11 Å². The molecule has 0 aromatic carbocycles. The van der Waals surface area contributed by atoms with E-state index in [0.717, 1.165) is 12.8 Å².